The van der Waals surface area contributed by atoms with Gasteiger partial charge in [0.2, 0.25) is 5.91 Å². The lowest BCUT2D eigenvalue weighted by molar-refractivity contribution is -0.132. The summed E-state index contributed by atoms with van der Waals surface area (Å²) < 4.78 is 15.1. The van der Waals surface area contributed by atoms with Crippen LogP contribution in [0.3, 0.4) is 0 Å². The summed E-state index contributed by atoms with van der Waals surface area (Å²) in [5, 5.41) is 4.32. The molecule has 152 valence electrons. The molecule has 1 aliphatic rings. The van der Waals surface area contributed by atoms with Crippen molar-refractivity contribution in [3.05, 3.63) is 53.6 Å². The normalized spacial score (nSPS) is 17.6. The number of hydrogen-bond donors (Lipinski definition) is 0. The quantitative estimate of drug-likeness (QED) is 0.700. The van der Waals surface area contributed by atoms with Crippen molar-refractivity contribution >= 4 is 5.91 Å². The Labute approximate surface area is 167 Å². The van der Waals surface area contributed by atoms with Crippen LogP contribution in [0.25, 0.3) is 0 Å². The van der Waals surface area contributed by atoms with E-state index in [2.05, 4.69) is 10.00 Å². The average Bonchev–Trinajstić information content (AvgIpc) is 3.09. The van der Waals surface area contributed by atoms with E-state index in [0.717, 1.165) is 63.2 Å². The molecular formula is C22H31FN4O. The molecule has 6 heteroatoms. The molecule has 2 heterocycles. The second kappa shape index (κ2) is 9.82. The Balaban J connectivity index is 1.49. The van der Waals surface area contributed by atoms with E-state index in [1.54, 1.807) is 16.8 Å². The first-order valence-electron chi connectivity index (χ1n) is 10.3. The highest BCUT2D eigenvalue weighted by Gasteiger charge is 2.23. The van der Waals surface area contributed by atoms with Gasteiger partial charge in [0.15, 0.2) is 0 Å². The molecule has 0 radical (unpaired) electrons. The number of aryl methyl sites for hydroxylation is 1. The molecule has 28 heavy (non-hydrogen) atoms. The lowest BCUT2D eigenvalue weighted by Gasteiger charge is -2.35. The van der Waals surface area contributed by atoms with Gasteiger partial charge in [0, 0.05) is 32.4 Å². The lowest BCUT2D eigenvalue weighted by atomic mass is 9.97. The number of aromatic nitrogens is 2. The second-order valence-corrected chi connectivity index (χ2v) is 7.78. The summed E-state index contributed by atoms with van der Waals surface area (Å²) in [7, 11) is 0. The first-order chi connectivity index (χ1) is 13.5. The standard InChI is InChI=1S/C22H31FN4O/c1-3-26(22(28)17-27-13-9-18(2)24-27)16-20-7-5-11-25(15-20)12-10-19-6-4-8-21(23)14-19/h4,6,8-9,13-14,20H,3,5,7,10-12,15-17H2,1-2H3. The van der Waals surface area contributed by atoms with E-state index in [9.17, 15) is 9.18 Å². The molecule has 1 aliphatic heterocycles. The molecule has 0 saturated carbocycles. The van der Waals surface area contributed by atoms with Crippen molar-refractivity contribution in [3.8, 4) is 0 Å². The maximum absolute atomic E-state index is 13.4. The summed E-state index contributed by atoms with van der Waals surface area (Å²) in [6.07, 6.45) is 5.02. The number of hydrogen-bond acceptors (Lipinski definition) is 3. The van der Waals surface area contributed by atoms with Gasteiger partial charge in [-0.05, 0) is 69.3 Å². The number of likely N-dealkylation sites (N-methyl/N-ethyl adjacent to an activating group) is 1. The maximum atomic E-state index is 13.4. The zero-order valence-corrected chi connectivity index (χ0v) is 17.0. The summed E-state index contributed by atoms with van der Waals surface area (Å²) in [6.45, 7) is 8.81. The number of rotatable bonds is 8. The molecule has 3 rings (SSSR count). The van der Waals surface area contributed by atoms with Crippen LogP contribution in [0.1, 0.15) is 31.0 Å². The molecular weight excluding hydrogens is 355 g/mol. The minimum absolute atomic E-state index is 0.127. The van der Waals surface area contributed by atoms with Crippen molar-refractivity contribution in [3.63, 3.8) is 0 Å². The van der Waals surface area contributed by atoms with Gasteiger partial charge in [-0.1, -0.05) is 12.1 Å². The molecule has 0 N–H and O–H groups in total. The monoisotopic (exact) mass is 386 g/mol. The minimum Gasteiger partial charge on any atom is -0.341 e. The number of likely N-dealkylation sites (tertiary alicyclic amines) is 1. The molecule has 1 unspecified atom stereocenters. The number of piperidine rings is 1. The first kappa shape index (κ1) is 20.5. The average molecular weight is 387 g/mol. The van der Waals surface area contributed by atoms with Crippen LogP contribution in [-0.4, -0.2) is 58.2 Å². The SMILES string of the molecule is CCN(CC1CCCN(CCc2cccc(F)c2)C1)C(=O)Cn1ccc(C)n1. The third-order valence-corrected chi connectivity index (χ3v) is 5.49. The van der Waals surface area contributed by atoms with Crippen molar-refractivity contribution in [2.75, 3.05) is 32.7 Å². The molecule has 0 aliphatic carbocycles. The van der Waals surface area contributed by atoms with Gasteiger partial charge in [0.05, 0.1) is 5.69 Å². The Morgan fingerprint density at radius 3 is 2.93 bits per heavy atom. The van der Waals surface area contributed by atoms with Gasteiger partial charge in [-0.15, -0.1) is 0 Å². The smallest absolute Gasteiger partial charge is 0.244 e. The second-order valence-electron chi connectivity index (χ2n) is 7.78. The van der Waals surface area contributed by atoms with E-state index < -0.39 is 0 Å². The minimum atomic E-state index is -0.168. The highest BCUT2D eigenvalue weighted by molar-refractivity contribution is 5.75. The predicted octanol–water partition coefficient (Wildman–Crippen LogP) is 3.13. The van der Waals surface area contributed by atoms with Gasteiger partial charge in [0.25, 0.3) is 0 Å². The topological polar surface area (TPSA) is 41.4 Å². The summed E-state index contributed by atoms with van der Waals surface area (Å²) in [6, 6.07) is 8.78. The van der Waals surface area contributed by atoms with E-state index in [0.29, 0.717) is 12.5 Å². The molecule has 1 amide bonds. The summed E-state index contributed by atoms with van der Waals surface area (Å²) in [4.78, 5) is 17.1. The molecule has 0 bridgehead atoms. The number of amides is 1. The Morgan fingerprint density at radius 1 is 1.36 bits per heavy atom. The Bertz CT molecular complexity index is 775. The molecule has 1 saturated heterocycles. The van der Waals surface area contributed by atoms with Gasteiger partial charge < -0.3 is 9.80 Å². The highest BCUT2D eigenvalue weighted by Crippen LogP contribution is 2.18. The largest absolute Gasteiger partial charge is 0.341 e. The van der Waals surface area contributed by atoms with E-state index >= 15 is 0 Å². The first-order valence-corrected chi connectivity index (χ1v) is 10.3. The molecule has 2 aromatic rings. The van der Waals surface area contributed by atoms with Crippen LogP contribution in [0.4, 0.5) is 4.39 Å². The van der Waals surface area contributed by atoms with Gasteiger partial charge in [-0.2, -0.15) is 5.10 Å². The summed E-state index contributed by atoms with van der Waals surface area (Å²) in [5.74, 6) is 0.450. The van der Waals surface area contributed by atoms with Crippen molar-refractivity contribution < 1.29 is 9.18 Å². The van der Waals surface area contributed by atoms with Crippen molar-refractivity contribution in [1.29, 1.82) is 0 Å². The van der Waals surface area contributed by atoms with Gasteiger partial charge in [0.1, 0.15) is 12.4 Å². The molecule has 1 aromatic carbocycles. The Kier molecular flexibility index (Phi) is 7.20. The van der Waals surface area contributed by atoms with Crippen molar-refractivity contribution in [2.45, 2.75) is 39.7 Å². The molecule has 5 nitrogen and oxygen atoms in total. The summed E-state index contributed by atoms with van der Waals surface area (Å²) >= 11 is 0. The lowest BCUT2D eigenvalue weighted by Crippen LogP contribution is -2.44. The van der Waals surface area contributed by atoms with Crippen LogP contribution >= 0.6 is 0 Å². The molecule has 1 fully saturated rings. The van der Waals surface area contributed by atoms with E-state index in [1.807, 2.05) is 37.1 Å². The molecule has 1 aromatic heterocycles. The van der Waals surface area contributed by atoms with E-state index in [4.69, 9.17) is 0 Å². The fourth-order valence-corrected chi connectivity index (χ4v) is 3.99. The zero-order valence-electron chi connectivity index (χ0n) is 17.0. The highest BCUT2D eigenvalue weighted by atomic mass is 19.1. The fourth-order valence-electron chi connectivity index (χ4n) is 3.99. The van der Waals surface area contributed by atoms with Crippen LogP contribution in [0.15, 0.2) is 36.5 Å². The van der Waals surface area contributed by atoms with Gasteiger partial charge in [-0.25, -0.2) is 4.39 Å². The molecule has 1 atom stereocenters. The van der Waals surface area contributed by atoms with Crippen LogP contribution in [0.5, 0.6) is 0 Å². The fraction of sp³-hybridized carbons (Fsp3) is 0.545. The number of carbonyl (C=O) groups is 1. The number of benzene rings is 1. The Morgan fingerprint density at radius 2 is 2.21 bits per heavy atom. The third kappa shape index (κ3) is 5.89. The number of nitrogens with zero attached hydrogens (tertiary/aromatic N) is 4. The van der Waals surface area contributed by atoms with Crippen LogP contribution in [0, 0.1) is 18.7 Å². The van der Waals surface area contributed by atoms with E-state index in [-0.39, 0.29) is 11.7 Å². The maximum Gasteiger partial charge on any atom is 0.244 e. The van der Waals surface area contributed by atoms with Gasteiger partial charge in [-0.3, -0.25) is 9.48 Å². The van der Waals surface area contributed by atoms with E-state index in [1.165, 1.54) is 6.07 Å². The number of halogens is 1. The zero-order chi connectivity index (χ0) is 19.9. The van der Waals surface area contributed by atoms with Gasteiger partial charge >= 0.3 is 0 Å². The van der Waals surface area contributed by atoms with Crippen LogP contribution in [-0.2, 0) is 17.8 Å². The van der Waals surface area contributed by atoms with Crippen LogP contribution in [0.2, 0.25) is 0 Å². The number of carbonyl (C=O) groups excluding carboxylic acids is 1. The van der Waals surface area contributed by atoms with Crippen molar-refractivity contribution in [1.82, 2.24) is 19.6 Å². The Hall–Kier alpha value is -2.21. The van der Waals surface area contributed by atoms with Crippen LogP contribution < -0.4 is 0 Å². The summed E-state index contributed by atoms with van der Waals surface area (Å²) in [5.41, 5.74) is 1.97. The third-order valence-electron chi connectivity index (χ3n) is 5.49. The molecule has 0 spiro atoms. The predicted molar refractivity (Wildman–Crippen MR) is 108 cm³/mol. The van der Waals surface area contributed by atoms with Crippen molar-refractivity contribution in [2.24, 2.45) is 5.92 Å².